The second kappa shape index (κ2) is 5.74. The maximum absolute atomic E-state index is 12.1. The summed E-state index contributed by atoms with van der Waals surface area (Å²) in [6.07, 6.45) is 1.83. The van der Waals surface area contributed by atoms with Gasteiger partial charge in [0.2, 0.25) is 0 Å². The molecule has 0 aromatic carbocycles. The topological polar surface area (TPSA) is 73.2 Å². The van der Waals surface area contributed by atoms with Gasteiger partial charge in [0.1, 0.15) is 17.4 Å². The lowest BCUT2D eigenvalue weighted by molar-refractivity contribution is -0.113. The largest absolute Gasteiger partial charge is 0.444 e. The Morgan fingerprint density at radius 1 is 1.23 bits per heavy atom. The third kappa shape index (κ3) is 4.32. The minimum Gasteiger partial charge on any atom is -0.444 e. The number of hydrogen-bond donors (Lipinski definition) is 1. The summed E-state index contributed by atoms with van der Waals surface area (Å²) in [4.78, 5) is 23.8. The number of amides is 1. The normalized spacial score (nSPS) is 15.1. The van der Waals surface area contributed by atoms with Gasteiger partial charge in [0.25, 0.3) is 0 Å². The fraction of sp³-hybridized carbons (Fsp3) is 0.688. The smallest absolute Gasteiger partial charge is 0.408 e. The van der Waals surface area contributed by atoms with E-state index in [0.717, 1.165) is 5.69 Å². The Balaban J connectivity index is 3.20. The fourth-order valence-electron chi connectivity index (χ4n) is 2.10. The predicted octanol–water partition coefficient (Wildman–Crippen LogP) is 2.66. The van der Waals surface area contributed by atoms with Crippen molar-refractivity contribution < 1.29 is 14.3 Å². The molecular formula is C16H27N3O3. The number of alkyl carbamates (subject to hydrolysis) is 1. The monoisotopic (exact) mass is 309 g/mol. The molecule has 1 amide bonds. The van der Waals surface area contributed by atoms with Crippen molar-refractivity contribution in [2.75, 3.05) is 0 Å². The maximum atomic E-state index is 12.1. The predicted molar refractivity (Wildman–Crippen MR) is 84.7 cm³/mol. The lowest BCUT2D eigenvalue weighted by Crippen LogP contribution is -2.47. The highest BCUT2D eigenvalue weighted by atomic mass is 16.6. The van der Waals surface area contributed by atoms with Gasteiger partial charge in [-0.3, -0.25) is 4.68 Å². The first kappa shape index (κ1) is 18.2. The lowest BCUT2D eigenvalue weighted by Gasteiger charge is -2.29. The standard InChI is InChI=1S/C16H27N3O3/c1-14(2,3)12-11(9-19(8)18-12)16(7,10-20)17-13(21)22-15(4,5)6/h9-10H,1-8H3,(H,17,21). The van der Waals surface area contributed by atoms with Gasteiger partial charge in [-0.25, -0.2) is 4.79 Å². The van der Waals surface area contributed by atoms with Gasteiger partial charge in [0.15, 0.2) is 0 Å². The van der Waals surface area contributed by atoms with Crippen molar-refractivity contribution in [3.63, 3.8) is 0 Å². The Morgan fingerprint density at radius 2 is 1.77 bits per heavy atom. The van der Waals surface area contributed by atoms with Crippen molar-refractivity contribution in [1.82, 2.24) is 15.1 Å². The number of rotatable bonds is 3. The zero-order valence-corrected chi connectivity index (χ0v) is 14.8. The minimum absolute atomic E-state index is 0.253. The Bertz CT molecular complexity index is 564. The molecule has 1 rings (SSSR count). The van der Waals surface area contributed by atoms with E-state index in [1.807, 2.05) is 20.8 Å². The maximum Gasteiger partial charge on any atom is 0.408 e. The van der Waals surface area contributed by atoms with Crippen LogP contribution in [-0.2, 0) is 27.5 Å². The van der Waals surface area contributed by atoms with Crippen LogP contribution >= 0.6 is 0 Å². The molecule has 1 aromatic rings. The summed E-state index contributed by atoms with van der Waals surface area (Å²) in [5, 5.41) is 7.10. The van der Waals surface area contributed by atoms with Crippen molar-refractivity contribution in [2.24, 2.45) is 7.05 Å². The van der Waals surface area contributed by atoms with E-state index in [2.05, 4.69) is 10.4 Å². The van der Waals surface area contributed by atoms with E-state index in [4.69, 9.17) is 4.74 Å². The molecule has 0 spiro atoms. The molecule has 1 atom stereocenters. The van der Waals surface area contributed by atoms with Gasteiger partial charge in [-0.05, 0) is 27.7 Å². The molecule has 0 saturated carbocycles. The number of nitrogens with zero attached hydrogens (tertiary/aromatic N) is 2. The van der Waals surface area contributed by atoms with Crippen LogP contribution < -0.4 is 5.32 Å². The third-order valence-corrected chi connectivity index (χ3v) is 3.10. The Morgan fingerprint density at radius 3 is 2.18 bits per heavy atom. The van der Waals surface area contributed by atoms with Gasteiger partial charge in [0.05, 0.1) is 5.69 Å². The van der Waals surface area contributed by atoms with Crippen LogP contribution in [0.4, 0.5) is 4.79 Å². The van der Waals surface area contributed by atoms with E-state index in [-0.39, 0.29) is 5.41 Å². The average Bonchev–Trinajstić information content (AvgIpc) is 2.68. The first-order valence-electron chi connectivity index (χ1n) is 7.30. The third-order valence-electron chi connectivity index (χ3n) is 3.10. The molecule has 1 aromatic heterocycles. The minimum atomic E-state index is -1.20. The molecule has 1 heterocycles. The second-order valence-corrected chi connectivity index (χ2v) is 7.76. The number of aldehydes is 1. The van der Waals surface area contributed by atoms with Gasteiger partial charge in [0, 0.05) is 24.2 Å². The summed E-state index contributed by atoms with van der Waals surface area (Å²) in [5.74, 6) is 0. The molecule has 0 aliphatic heterocycles. The Hall–Kier alpha value is -1.85. The molecule has 124 valence electrons. The first-order valence-corrected chi connectivity index (χ1v) is 7.30. The van der Waals surface area contributed by atoms with Gasteiger partial charge in [-0.15, -0.1) is 0 Å². The van der Waals surface area contributed by atoms with Crippen LogP contribution in [0, 0.1) is 0 Å². The Kier molecular flexibility index (Phi) is 4.75. The molecule has 1 unspecified atom stereocenters. The molecule has 6 nitrogen and oxygen atoms in total. The summed E-state index contributed by atoms with van der Waals surface area (Å²) in [5.41, 5.74) is -0.644. The van der Waals surface area contributed by atoms with E-state index in [1.54, 1.807) is 45.6 Å². The first-order chi connectivity index (χ1) is 9.78. The zero-order valence-electron chi connectivity index (χ0n) is 14.8. The van der Waals surface area contributed by atoms with Crippen LogP contribution in [0.15, 0.2) is 6.20 Å². The number of ether oxygens (including phenoxy) is 1. The average molecular weight is 309 g/mol. The van der Waals surface area contributed by atoms with Gasteiger partial charge in [-0.1, -0.05) is 20.8 Å². The number of hydrogen-bond acceptors (Lipinski definition) is 4. The molecule has 0 radical (unpaired) electrons. The summed E-state index contributed by atoms with van der Waals surface area (Å²) >= 11 is 0. The molecule has 0 saturated heterocycles. The van der Waals surface area contributed by atoms with Gasteiger partial charge < -0.3 is 14.8 Å². The summed E-state index contributed by atoms with van der Waals surface area (Å²) in [6.45, 7) is 13.0. The lowest BCUT2D eigenvalue weighted by atomic mass is 9.83. The molecule has 0 fully saturated rings. The van der Waals surface area contributed by atoms with Gasteiger partial charge in [-0.2, -0.15) is 5.10 Å². The number of carbonyl (C=O) groups is 2. The molecule has 6 heteroatoms. The van der Waals surface area contributed by atoms with E-state index in [9.17, 15) is 9.59 Å². The number of carbonyl (C=O) groups excluding carboxylic acids is 2. The zero-order chi connectivity index (χ0) is 17.3. The van der Waals surface area contributed by atoms with Crippen LogP contribution in [0.25, 0.3) is 0 Å². The van der Waals surface area contributed by atoms with Crippen molar-refractivity contribution in [3.8, 4) is 0 Å². The van der Waals surface area contributed by atoms with Crippen molar-refractivity contribution >= 4 is 12.4 Å². The van der Waals surface area contributed by atoms with Crippen molar-refractivity contribution in [1.29, 1.82) is 0 Å². The van der Waals surface area contributed by atoms with Crippen LogP contribution in [0.5, 0.6) is 0 Å². The van der Waals surface area contributed by atoms with E-state index in [1.165, 1.54) is 0 Å². The summed E-state index contributed by atoms with van der Waals surface area (Å²) in [7, 11) is 1.79. The highest BCUT2D eigenvalue weighted by molar-refractivity contribution is 5.78. The van der Waals surface area contributed by atoms with Crippen LogP contribution in [-0.4, -0.2) is 27.8 Å². The summed E-state index contributed by atoms with van der Waals surface area (Å²) < 4.78 is 6.90. The van der Waals surface area contributed by atoms with E-state index in [0.29, 0.717) is 11.8 Å². The highest BCUT2D eigenvalue weighted by Gasteiger charge is 2.37. The van der Waals surface area contributed by atoms with Crippen LogP contribution in [0.1, 0.15) is 59.7 Å². The molecule has 1 N–H and O–H groups in total. The molecule has 0 bridgehead atoms. The fourth-order valence-corrected chi connectivity index (χ4v) is 2.10. The summed E-state index contributed by atoms with van der Waals surface area (Å²) in [6, 6.07) is 0. The quantitative estimate of drug-likeness (QED) is 0.871. The highest BCUT2D eigenvalue weighted by Crippen LogP contribution is 2.31. The molecular weight excluding hydrogens is 282 g/mol. The SMILES string of the molecule is Cn1cc(C(C)(C=O)NC(=O)OC(C)(C)C)c(C(C)(C)C)n1. The van der Waals surface area contributed by atoms with Crippen LogP contribution in [0.3, 0.4) is 0 Å². The molecule has 0 aliphatic carbocycles. The van der Waals surface area contributed by atoms with E-state index < -0.39 is 17.2 Å². The van der Waals surface area contributed by atoms with Crippen molar-refractivity contribution in [3.05, 3.63) is 17.5 Å². The number of aromatic nitrogens is 2. The van der Waals surface area contributed by atoms with Crippen LogP contribution in [0.2, 0.25) is 0 Å². The molecule has 0 aliphatic rings. The van der Waals surface area contributed by atoms with Crippen molar-refractivity contribution in [2.45, 2.75) is 65.0 Å². The number of nitrogens with one attached hydrogen (secondary N) is 1. The van der Waals surface area contributed by atoms with E-state index >= 15 is 0 Å². The van der Waals surface area contributed by atoms with Gasteiger partial charge >= 0.3 is 6.09 Å². The Labute approximate surface area is 132 Å². The second-order valence-electron chi connectivity index (χ2n) is 7.76. The molecule has 22 heavy (non-hydrogen) atoms. The number of aryl methyl sites for hydroxylation is 1.